The summed E-state index contributed by atoms with van der Waals surface area (Å²) < 4.78 is 9.63. The third-order valence-electron chi connectivity index (χ3n) is 3.40. The van der Waals surface area contributed by atoms with E-state index in [0.717, 1.165) is 0 Å². The highest BCUT2D eigenvalue weighted by Gasteiger charge is 2.16. The van der Waals surface area contributed by atoms with Crippen molar-refractivity contribution in [2.75, 3.05) is 27.4 Å². The maximum atomic E-state index is 12.0. The molecule has 7 heteroatoms. The van der Waals surface area contributed by atoms with Gasteiger partial charge in [-0.15, -0.1) is 0 Å². The van der Waals surface area contributed by atoms with E-state index >= 15 is 0 Å². The Morgan fingerprint density at radius 3 is 2.83 bits per heavy atom. The molecule has 0 radical (unpaired) electrons. The van der Waals surface area contributed by atoms with Crippen LogP contribution in [0.5, 0.6) is 0 Å². The molecular formula is C17H17N3O4. The number of hydrogen-bond acceptors (Lipinski definition) is 5. The quantitative estimate of drug-likeness (QED) is 0.363. The SMILES string of the molecule is COCCNC(=O)/C(C#N)=C/c1c[nH]c2cccc(C(=O)OC)c12. The number of aromatic amines is 1. The Balaban J connectivity index is 2.42. The Morgan fingerprint density at radius 1 is 1.38 bits per heavy atom. The van der Waals surface area contributed by atoms with Crippen LogP contribution in [0.25, 0.3) is 17.0 Å². The van der Waals surface area contributed by atoms with Crippen molar-refractivity contribution >= 4 is 28.9 Å². The Morgan fingerprint density at radius 2 is 2.17 bits per heavy atom. The summed E-state index contributed by atoms with van der Waals surface area (Å²) >= 11 is 0. The van der Waals surface area contributed by atoms with Gasteiger partial charge < -0.3 is 19.8 Å². The second kappa shape index (κ2) is 7.94. The summed E-state index contributed by atoms with van der Waals surface area (Å²) in [5, 5.41) is 12.4. The number of nitrogens with zero attached hydrogens (tertiary/aromatic N) is 1. The summed E-state index contributed by atoms with van der Waals surface area (Å²) in [5.41, 5.74) is 1.57. The van der Waals surface area contributed by atoms with Gasteiger partial charge in [0.25, 0.3) is 5.91 Å². The van der Waals surface area contributed by atoms with Crippen molar-refractivity contribution in [1.82, 2.24) is 10.3 Å². The van der Waals surface area contributed by atoms with Crippen molar-refractivity contribution in [3.8, 4) is 6.07 Å². The number of hydrogen-bond donors (Lipinski definition) is 2. The van der Waals surface area contributed by atoms with E-state index in [2.05, 4.69) is 10.3 Å². The van der Waals surface area contributed by atoms with E-state index in [9.17, 15) is 14.9 Å². The number of rotatable bonds is 6. The van der Waals surface area contributed by atoms with Crippen molar-refractivity contribution in [3.05, 3.63) is 41.1 Å². The number of methoxy groups -OCH3 is 2. The van der Waals surface area contributed by atoms with E-state index in [1.165, 1.54) is 20.3 Å². The summed E-state index contributed by atoms with van der Waals surface area (Å²) in [5.74, 6) is -0.989. The van der Waals surface area contributed by atoms with Crippen LogP contribution in [0.4, 0.5) is 0 Å². The number of H-pyrrole nitrogens is 1. The number of fused-ring (bicyclic) bond motifs is 1. The monoisotopic (exact) mass is 327 g/mol. The number of amides is 1. The fourth-order valence-electron chi connectivity index (χ4n) is 2.27. The van der Waals surface area contributed by atoms with Gasteiger partial charge in [0.15, 0.2) is 0 Å². The van der Waals surface area contributed by atoms with Crippen LogP contribution >= 0.6 is 0 Å². The van der Waals surface area contributed by atoms with E-state index in [0.29, 0.717) is 35.2 Å². The number of nitriles is 1. The van der Waals surface area contributed by atoms with Crippen LogP contribution in [0.15, 0.2) is 30.0 Å². The van der Waals surface area contributed by atoms with Gasteiger partial charge in [0.1, 0.15) is 11.6 Å². The van der Waals surface area contributed by atoms with Crippen LogP contribution in [-0.2, 0) is 14.3 Å². The van der Waals surface area contributed by atoms with Gasteiger partial charge in [-0.2, -0.15) is 5.26 Å². The second-order valence-corrected chi connectivity index (χ2v) is 4.88. The predicted octanol–water partition coefficient (Wildman–Crippen LogP) is 1.62. The van der Waals surface area contributed by atoms with Gasteiger partial charge in [-0.25, -0.2) is 4.79 Å². The minimum absolute atomic E-state index is 0.0633. The van der Waals surface area contributed by atoms with Gasteiger partial charge >= 0.3 is 5.97 Å². The largest absolute Gasteiger partial charge is 0.465 e. The molecule has 0 unspecified atom stereocenters. The number of nitrogens with one attached hydrogen (secondary N) is 2. The average molecular weight is 327 g/mol. The minimum Gasteiger partial charge on any atom is -0.465 e. The first kappa shape index (κ1) is 17.2. The van der Waals surface area contributed by atoms with Crippen molar-refractivity contribution in [1.29, 1.82) is 5.26 Å². The fraction of sp³-hybridized carbons (Fsp3) is 0.235. The maximum absolute atomic E-state index is 12.0. The van der Waals surface area contributed by atoms with Crippen LogP contribution in [0.3, 0.4) is 0 Å². The fourth-order valence-corrected chi connectivity index (χ4v) is 2.27. The molecule has 0 aliphatic rings. The third-order valence-corrected chi connectivity index (χ3v) is 3.40. The molecular weight excluding hydrogens is 310 g/mol. The molecule has 0 spiro atoms. The van der Waals surface area contributed by atoms with Crippen LogP contribution < -0.4 is 5.32 Å². The van der Waals surface area contributed by atoms with Crippen LogP contribution in [0.2, 0.25) is 0 Å². The topological polar surface area (TPSA) is 104 Å². The van der Waals surface area contributed by atoms with E-state index in [1.807, 2.05) is 6.07 Å². The molecule has 0 saturated carbocycles. The van der Waals surface area contributed by atoms with Crippen molar-refractivity contribution in [3.63, 3.8) is 0 Å². The van der Waals surface area contributed by atoms with Crippen molar-refractivity contribution < 1.29 is 19.1 Å². The van der Waals surface area contributed by atoms with E-state index in [-0.39, 0.29) is 5.57 Å². The van der Waals surface area contributed by atoms with E-state index in [1.54, 1.807) is 24.4 Å². The lowest BCUT2D eigenvalue weighted by Gasteiger charge is -2.04. The molecule has 7 nitrogen and oxygen atoms in total. The first-order valence-corrected chi connectivity index (χ1v) is 7.19. The third kappa shape index (κ3) is 3.62. The standard InChI is InChI=1S/C17H17N3O4/c1-23-7-6-19-16(21)11(9-18)8-12-10-20-14-5-3-4-13(15(12)14)17(22)24-2/h3-5,8,10,20H,6-7H2,1-2H3,(H,19,21)/b11-8+. The lowest BCUT2D eigenvalue weighted by atomic mass is 10.0. The average Bonchev–Trinajstić information content (AvgIpc) is 3.02. The molecule has 1 aromatic heterocycles. The number of benzene rings is 1. The van der Waals surface area contributed by atoms with Crippen molar-refractivity contribution in [2.24, 2.45) is 0 Å². The summed E-state index contributed by atoms with van der Waals surface area (Å²) in [6.07, 6.45) is 3.07. The van der Waals surface area contributed by atoms with Gasteiger partial charge in [0, 0.05) is 36.3 Å². The van der Waals surface area contributed by atoms with Gasteiger partial charge in [0.2, 0.25) is 0 Å². The first-order chi connectivity index (χ1) is 11.6. The molecule has 1 aromatic carbocycles. The number of ether oxygens (including phenoxy) is 2. The minimum atomic E-state index is -0.501. The molecule has 0 atom stereocenters. The Labute approximate surface area is 138 Å². The number of carbonyl (C=O) groups excluding carboxylic acids is 2. The molecule has 0 saturated heterocycles. The van der Waals surface area contributed by atoms with Crippen LogP contribution in [0.1, 0.15) is 15.9 Å². The number of esters is 1. The Hall–Kier alpha value is -3.11. The van der Waals surface area contributed by atoms with Crippen molar-refractivity contribution in [2.45, 2.75) is 0 Å². The Kier molecular flexibility index (Phi) is 5.71. The number of carbonyl (C=O) groups is 2. The molecule has 124 valence electrons. The molecule has 0 aliphatic heterocycles. The normalized spacial score (nSPS) is 11.1. The molecule has 1 heterocycles. The van der Waals surface area contributed by atoms with Gasteiger partial charge in [-0.3, -0.25) is 4.79 Å². The van der Waals surface area contributed by atoms with Gasteiger partial charge in [-0.1, -0.05) is 6.07 Å². The predicted molar refractivity (Wildman–Crippen MR) is 88.1 cm³/mol. The lowest BCUT2D eigenvalue weighted by molar-refractivity contribution is -0.117. The van der Waals surface area contributed by atoms with Gasteiger partial charge in [-0.05, 0) is 18.2 Å². The molecule has 2 N–H and O–H groups in total. The summed E-state index contributed by atoms with van der Waals surface area (Å²) in [7, 11) is 2.82. The van der Waals surface area contributed by atoms with E-state index in [4.69, 9.17) is 9.47 Å². The first-order valence-electron chi connectivity index (χ1n) is 7.19. The zero-order valence-electron chi connectivity index (χ0n) is 13.4. The summed E-state index contributed by atoms with van der Waals surface area (Å²) in [6.45, 7) is 0.652. The van der Waals surface area contributed by atoms with Gasteiger partial charge in [0.05, 0.1) is 19.3 Å². The molecule has 0 bridgehead atoms. The van der Waals surface area contributed by atoms with E-state index < -0.39 is 11.9 Å². The van der Waals surface area contributed by atoms with Crippen LogP contribution in [-0.4, -0.2) is 44.2 Å². The molecule has 1 amide bonds. The highest BCUT2D eigenvalue weighted by atomic mass is 16.5. The summed E-state index contributed by atoms with van der Waals surface area (Å²) in [6, 6.07) is 7.02. The molecule has 0 fully saturated rings. The summed E-state index contributed by atoms with van der Waals surface area (Å²) in [4.78, 5) is 27.0. The zero-order valence-corrected chi connectivity index (χ0v) is 13.4. The lowest BCUT2D eigenvalue weighted by Crippen LogP contribution is -2.27. The number of aromatic nitrogens is 1. The highest BCUT2D eigenvalue weighted by Crippen LogP contribution is 2.25. The smallest absolute Gasteiger partial charge is 0.338 e. The Bertz CT molecular complexity index is 830. The highest BCUT2D eigenvalue weighted by molar-refractivity contribution is 6.09. The molecule has 0 aliphatic carbocycles. The molecule has 2 rings (SSSR count). The molecule has 24 heavy (non-hydrogen) atoms. The van der Waals surface area contributed by atoms with Crippen LogP contribution in [0, 0.1) is 11.3 Å². The zero-order chi connectivity index (χ0) is 17.5. The maximum Gasteiger partial charge on any atom is 0.338 e. The second-order valence-electron chi connectivity index (χ2n) is 4.88. The molecule has 2 aromatic rings.